The molecule has 1 aliphatic carbocycles. The molecule has 3 heterocycles. The Bertz CT molecular complexity index is 1040. The van der Waals surface area contributed by atoms with Gasteiger partial charge in [0.2, 0.25) is 5.75 Å². The molecule has 7 atom stereocenters. The monoisotopic (exact) mass is 493 g/mol. The maximum Gasteiger partial charge on any atom is 0.339 e. The van der Waals surface area contributed by atoms with E-state index in [4.69, 9.17) is 14.2 Å². The van der Waals surface area contributed by atoms with Gasteiger partial charge in [0.1, 0.15) is 24.4 Å². The zero-order valence-electron chi connectivity index (χ0n) is 20.5. The van der Waals surface area contributed by atoms with Crippen LogP contribution >= 0.6 is 0 Å². The predicted octanol–water partition coefficient (Wildman–Crippen LogP) is 1.20. The van der Waals surface area contributed by atoms with Gasteiger partial charge >= 0.3 is 5.97 Å². The Morgan fingerprint density at radius 2 is 1.83 bits per heavy atom. The van der Waals surface area contributed by atoms with Gasteiger partial charge < -0.3 is 39.7 Å². The number of likely N-dealkylation sites (tertiary alicyclic amines) is 1. The molecule has 194 valence electrons. The van der Waals surface area contributed by atoms with E-state index in [2.05, 4.69) is 25.7 Å². The number of rotatable bonds is 4. The number of hydrogen-bond donors (Lipinski definition) is 5. The van der Waals surface area contributed by atoms with Gasteiger partial charge in [-0.3, -0.25) is 4.90 Å². The lowest BCUT2D eigenvalue weighted by Crippen LogP contribution is -2.58. The van der Waals surface area contributed by atoms with Crippen LogP contribution in [0.1, 0.15) is 67.6 Å². The summed E-state index contributed by atoms with van der Waals surface area (Å²) in [6, 6.07) is 0.271. The van der Waals surface area contributed by atoms with Gasteiger partial charge in [0.25, 0.3) is 0 Å². The van der Waals surface area contributed by atoms with Crippen LogP contribution in [0.15, 0.2) is 0 Å². The van der Waals surface area contributed by atoms with Crippen LogP contribution in [0.3, 0.4) is 0 Å². The van der Waals surface area contributed by atoms with Crippen LogP contribution in [0.25, 0.3) is 0 Å². The highest BCUT2D eigenvalue weighted by Crippen LogP contribution is 2.55. The average Bonchev–Trinajstić information content (AvgIpc) is 3.01. The molecule has 5 N–H and O–H groups in total. The van der Waals surface area contributed by atoms with Crippen molar-refractivity contribution in [1.29, 1.82) is 0 Å². The van der Waals surface area contributed by atoms with Crippen molar-refractivity contribution in [3.63, 3.8) is 0 Å². The molecule has 1 saturated carbocycles. The number of nitrogens with zero attached hydrogens (tertiary/aromatic N) is 1. The van der Waals surface area contributed by atoms with Gasteiger partial charge in [-0.15, -0.1) is 0 Å². The summed E-state index contributed by atoms with van der Waals surface area (Å²) in [5, 5.41) is 52.6. The molecule has 0 amide bonds. The number of ether oxygens (including phenoxy) is 3. The molecule has 2 saturated heterocycles. The van der Waals surface area contributed by atoms with Gasteiger partial charge in [-0.2, -0.15) is 0 Å². The van der Waals surface area contributed by atoms with Gasteiger partial charge in [-0.1, -0.05) is 20.8 Å². The second-order valence-electron chi connectivity index (χ2n) is 11.7. The van der Waals surface area contributed by atoms with Crippen LogP contribution in [-0.4, -0.2) is 87.1 Å². The zero-order chi connectivity index (χ0) is 25.4. The molecular weight excluding hydrogens is 458 g/mol. The van der Waals surface area contributed by atoms with Crippen molar-refractivity contribution >= 4 is 5.97 Å². The van der Waals surface area contributed by atoms with Crippen LogP contribution in [-0.2, 0) is 16.0 Å². The van der Waals surface area contributed by atoms with E-state index in [-0.39, 0.29) is 51.6 Å². The smallest absolute Gasteiger partial charge is 0.339 e. The highest BCUT2D eigenvalue weighted by Gasteiger charge is 2.54. The van der Waals surface area contributed by atoms with E-state index < -0.39 is 48.8 Å². The number of fused-ring (bicyclic) bond motifs is 5. The van der Waals surface area contributed by atoms with E-state index in [1.54, 1.807) is 0 Å². The standard InChI is InChI=1S/C25H35NO9/c1-24(2)5-11-6-25(3,9-24)10-26(11)7-12-14-15(18(30)21(33-4)16(12)28)20-22(35-23(14)32)19(31)17(29)13(8-27)34-20/h11,13,17,19-20,22,27-31H,5-10H2,1-4H3/t11-,13+,17+,19-,20+,22+,25-/m0/s1. The molecule has 0 aromatic heterocycles. The topological polar surface area (TPSA) is 149 Å². The molecule has 0 radical (unpaired) electrons. The normalized spacial score (nSPS) is 38.0. The van der Waals surface area contributed by atoms with Gasteiger partial charge in [0, 0.05) is 30.3 Å². The van der Waals surface area contributed by atoms with E-state index in [0.29, 0.717) is 0 Å². The third-order valence-corrected chi connectivity index (χ3v) is 8.23. The fourth-order valence-electron chi connectivity index (χ4n) is 7.23. The lowest BCUT2D eigenvalue weighted by Gasteiger charge is -2.45. The Kier molecular flexibility index (Phi) is 5.76. The SMILES string of the molecule is COc1c(O)c(CN2C[C@@]3(C)C[C@@H]2CC(C)(C)C3)c2c(c1O)[C@H]1O[C@H](CO)[C@@H](O)[C@H](O)[C@H]1OC2=O. The minimum absolute atomic E-state index is 0.0222. The number of methoxy groups -OCH3 is 1. The van der Waals surface area contributed by atoms with Crippen molar-refractivity contribution in [3.05, 3.63) is 16.7 Å². The first kappa shape index (κ1) is 24.6. The van der Waals surface area contributed by atoms with Gasteiger partial charge in [0.05, 0.1) is 19.3 Å². The highest BCUT2D eigenvalue weighted by atomic mass is 16.6. The van der Waals surface area contributed by atoms with E-state index >= 15 is 0 Å². The minimum atomic E-state index is -1.54. The lowest BCUT2D eigenvalue weighted by molar-refractivity contribution is -0.235. The summed E-state index contributed by atoms with van der Waals surface area (Å²) in [5.41, 5.74) is 0.549. The Hall–Kier alpha value is -2.11. The molecule has 5 rings (SSSR count). The summed E-state index contributed by atoms with van der Waals surface area (Å²) in [6.45, 7) is 7.25. The predicted molar refractivity (Wildman–Crippen MR) is 122 cm³/mol. The van der Waals surface area contributed by atoms with Crippen LogP contribution < -0.4 is 4.74 Å². The maximum absolute atomic E-state index is 13.2. The largest absolute Gasteiger partial charge is 0.504 e. The average molecular weight is 494 g/mol. The van der Waals surface area contributed by atoms with Crippen molar-refractivity contribution in [2.45, 2.75) is 83.1 Å². The first-order chi connectivity index (χ1) is 16.4. The van der Waals surface area contributed by atoms with E-state index in [9.17, 15) is 30.3 Å². The summed E-state index contributed by atoms with van der Waals surface area (Å²) in [4.78, 5) is 15.5. The van der Waals surface area contributed by atoms with E-state index in [1.807, 2.05) is 0 Å². The van der Waals surface area contributed by atoms with Crippen LogP contribution in [0.2, 0.25) is 0 Å². The van der Waals surface area contributed by atoms with E-state index in [0.717, 1.165) is 25.8 Å². The van der Waals surface area contributed by atoms with Crippen molar-refractivity contribution in [1.82, 2.24) is 4.90 Å². The molecule has 10 heteroatoms. The number of phenols is 2. The highest BCUT2D eigenvalue weighted by molar-refractivity contribution is 5.97. The Morgan fingerprint density at radius 1 is 1.11 bits per heavy atom. The number of esters is 1. The number of aromatic hydroxyl groups is 2. The number of aliphatic hydroxyl groups is 3. The summed E-state index contributed by atoms with van der Waals surface area (Å²) < 4.78 is 16.6. The Labute approximate surface area is 204 Å². The van der Waals surface area contributed by atoms with Gasteiger partial charge in [-0.05, 0) is 30.1 Å². The minimum Gasteiger partial charge on any atom is -0.504 e. The first-order valence-electron chi connectivity index (χ1n) is 12.1. The molecule has 0 spiro atoms. The van der Waals surface area contributed by atoms with Gasteiger partial charge in [-0.25, -0.2) is 4.79 Å². The third-order valence-electron chi connectivity index (χ3n) is 8.23. The molecule has 4 aliphatic rings. The van der Waals surface area contributed by atoms with Crippen LogP contribution in [0.5, 0.6) is 17.2 Å². The van der Waals surface area contributed by atoms with Crippen LogP contribution in [0, 0.1) is 10.8 Å². The fraction of sp³-hybridized carbons (Fsp3) is 0.720. The summed E-state index contributed by atoms with van der Waals surface area (Å²) in [7, 11) is 1.30. The summed E-state index contributed by atoms with van der Waals surface area (Å²) in [5.74, 6) is -1.88. The van der Waals surface area contributed by atoms with Crippen molar-refractivity contribution < 1.29 is 44.5 Å². The molecular formula is C25H35NO9. The van der Waals surface area contributed by atoms with Crippen molar-refractivity contribution in [3.8, 4) is 17.2 Å². The van der Waals surface area contributed by atoms with Crippen molar-refractivity contribution in [2.75, 3.05) is 20.3 Å². The second-order valence-corrected chi connectivity index (χ2v) is 11.7. The van der Waals surface area contributed by atoms with Crippen molar-refractivity contribution in [2.24, 2.45) is 10.8 Å². The number of phenolic OH excluding ortho intramolecular Hbond substituents is 2. The van der Waals surface area contributed by atoms with Gasteiger partial charge in [0.15, 0.2) is 17.6 Å². The lowest BCUT2D eigenvalue weighted by atomic mass is 9.65. The quantitative estimate of drug-likeness (QED) is 0.387. The molecule has 3 fully saturated rings. The van der Waals surface area contributed by atoms with E-state index in [1.165, 1.54) is 7.11 Å². The molecule has 3 aliphatic heterocycles. The Morgan fingerprint density at radius 3 is 2.49 bits per heavy atom. The molecule has 1 aromatic carbocycles. The number of hydrogen-bond acceptors (Lipinski definition) is 10. The Balaban J connectivity index is 1.60. The number of benzene rings is 1. The zero-order valence-corrected chi connectivity index (χ0v) is 20.5. The maximum atomic E-state index is 13.2. The molecule has 1 aromatic rings. The fourth-order valence-corrected chi connectivity index (χ4v) is 7.23. The molecule has 2 bridgehead atoms. The second kappa shape index (κ2) is 8.21. The number of aliphatic hydroxyl groups excluding tert-OH is 3. The third kappa shape index (κ3) is 3.77. The molecule has 10 nitrogen and oxygen atoms in total. The first-order valence-corrected chi connectivity index (χ1v) is 12.1. The molecule has 0 unspecified atom stereocenters. The van der Waals surface area contributed by atoms with Crippen LogP contribution in [0.4, 0.5) is 0 Å². The number of carbonyl (C=O) groups excluding carboxylic acids is 1. The number of carbonyl (C=O) groups is 1. The summed E-state index contributed by atoms with van der Waals surface area (Å²) >= 11 is 0. The molecule has 35 heavy (non-hydrogen) atoms. The summed E-state index contributed by atoms with van der Waals surface area (Å²) in [6.07, 6.45) is -3.55.